The third-order valence-corrected chi connectivity index (χ3v) is 2.98. The van der Waals surface area contributed by atoms with Gasteiger partial charge in [0.15, 0.2) is 0 Å². The highest BCUT2D eigenvalue weighted by Gasteiger charge is 2.11. The maximum Gasteiger partial charge on any atom is 0.257 e. The third-order valence-electron chi connectivity index (χ3n) is 2.98. The van der Waals surface area contributed by atoms with E-state index >= 15 is 0 Å². The minimum Gasteiger partial charge on any atom is -0.478 e. The number of carbonyl (C=O) groups excluding carboxylic acids is 1. The monoisotopic (exact) mass is 285 g/mol. The number of ether oxygens (including phenoxy) is 1. The van der Waals surface area contributed by atoms with Gasteiger partial charge in [0.05, 0.1) is 24.1 Å². The number of nitrogens with one attached hydrogen (secondary N) is 2. The molecular formula is C16H19N3O2. The topological polar surface area (TPSA) is 63.2 Å². The van der Waals surface area contributed by atoms with Crippen molar-refractivity contribution in [2.24, 2.45) is 0 Å². The second kappa shape index (κ2) is 6.74. The van der Waals surface area contributed by atoms with Crippen molar-refractivity contribution in [3.8, 4) is 5.88 Å². The van der Waals surface area contributed by atoms with Crippen LogP contribution in [0.5, 0.6) is 5.88 Å². The zero-order valence-electron chi connectivity index (χ0n) is 12.4. The number of hydrogen-bond acceptors (Lipinski definition) is 4. The van der Waals surface area contributed by atoms with Crippen LogP contribution >= 0.6 is 0 Å². The number of benzene rings is 1. The number of aromatic nitrogens is 1. The predicted octanol–water partition coefficient (Wildman–Crippen LogP) is 3.08. The molecule has 1 aromatic carbocycles. The van der Waals surface area contributed by atoms with Crippen molar-refractivity contribution in [1.82, 2.24) is 4.98 Å². The summed E-state index contributed by atoms with van der Waals surface area (Å²) in [6.45, 7) is 4.44. The minimum absolute atomic E-state index is 0.176. The van der Waals surface area contributed by atoms with Crippen molar-refractivity contribution in [2.75, 3.05) is 24.3 Å². The molecule has 1 heterocycles. The molecule has 2 rings (SSSR count). The van der Waals surface area contributed by atoms with E-state index in [-0.39, 0.29) is 5.91 Å². The number of rotatable bonds is 5. The van der Waals surface area contributed by atoms with Crippen LogP contribution in [0.2, 0.25) is 0 Å². The van der Waals surface area contributed by atoms with E-state index in [0.717, 1.165) is 11.3 Å². The first-order chi connectivity index (χ1) is 10.1. The van der Waals surface area contributed by atoms with E-state index < -0.39 is 0 Å². The van der Waals surface area contributed by atoms with Gasteiger partial charge in [-0.25, -0.2) is 4.98 Å². The highest BCUT2D eigenvalue weighted by atomic mass is 16.5. The van der Waals surface area contributed by atoms with Crippen molar-refractivity contribution in [1.29, 1.82) is 0 Å². The van der Waals surface area contributed by atoms with Crippen molar-refractivity contribution < 1.29 is 9.53 Å². The Hall–Kier alpha value is -2.56. The molecule has 0 aliphatic carbocycles. The summed E-state index contributed by atoms with van der Waals surface area (Å²) in [5, 5.41) is 5.86. The van der Waals surface area contributed by atoms with Crippen LogP contribution in [0.25, 0.3) is 0 Å². The Kier molecular flexibility index (Phi) is 4.77. The zero-order valence-corrected chi connectivity index (χ0v) is 12.4. The Balaban J connectivity index is 2.14. The maximum absolute atomic E-state index is 12.3. The van der Waals surface area contributed by atoms with Gasteiger partial charge < -0.3 is 15.4 Å². The molecule has 0 saturated carbocycles. The molecule has 0 unspecified atom stereocenters. The van der Waals surface area contributed by atoms with Gasteiger partial charge >= 0.3 is 0 Å². The summed E-state index contributed by atoms with van der Waals surface area (Å²) in [5.74, 6) is 0.368. The molecule has 0 atom stereocenters. The fourth-order valence-corrected chi connectivity index (χ4v) is 1.95. The van der Waals surface area contributed by atoms with Crippen LogP contribution in [0.3, 0.4) is 0 Å². The highest BCUT2D eigenvalue weighted by Crippen LogP contribution is 2.19. The molecule has 110 valence electrons. The molecule has 2 aromatic rings. The Morgan fingerprint density at radius 2 is 2.10 bits per heavy atom. The average Bonchev–Trinajstić information content (AvgIpc) is 2.49. The van der Waals surface area contributed by atoms with Gasteiger partial charge in [-0.1, -0.05) is 6.07 Å². The molecular weight excluding hydrogens is 266 g/mol. The summed E-state index contributed by atoms with van der Waals surface area (Å²) in [7, 11) is 1.80. The molecule has 0 fully saturated rings. The lowest BCUT2D eigenvalue weighted by atomic mass is 10.1. The van der Waals surface area contributed by atoms with E-state index in [0.29, 0.717) is 23.7 Å². The van der Waals surface area contributed by atoms with Gasteiger partial charge in [-0.05, 0) is 37.6 Å². The third kappa shape index (κ3) is 3.72. The summed E-state index contributed by atoms with van der Waals surface area (Å²) in [6.07, 6.45) is 1.58. The molecule has 0 radical (unpaired) electrons. The van der Waals surface area contributed by atoms with Crippen LogP contribution in [0.1, 0.15) is 22.8 Å². The molecule has 0 aliphatic heterocycles. The molecule has 0 aliphatic rings. The van der Waals surface area contributed by atoms with Crippen molar-refractivity contribution in [2.45, 2.75) is 13.8 Å². The Morgan fingerprint density at radius 3 is 2.71 bits per heavy atom. The fraction of sp³-hybridized carbons (Fsp3) is 0.250. The molecule has 5 heteroatoms. The highest BCUT2D eigenvalue weighted by molar-refractivity contribution is 6.08. The van der Waals surface area contributed by atoms with Crippen molar-refractivity contribution in [3.05, 3.63) is 47.7 Å². The van der Waals surface area contributed by atoms with E-state index in [2.05, 4.69) is 15.6 Å². The molecule has 0 bridgehead atoms. The minimum atomic E-state index is -0.176. The largest absolute Gasteiger partial charge is 0.478 e. The smallest absolute Gasteiger partial charge is 0.257 e. The van der Waals surface area contributed by atoms with Gasteiger partial charge in [-0.2, -0.15) is 0 Å². The number of pyridine rings is 1. The van der Waals surface area contributed by atoms with E-state index in [1.165, 1.54) is 0 Å². The van der Waals surface area contributed by atoms with Gasteiger partial charge in [-0.3, -0.25) is 4.79 Å². The number of hydrogen-bond donors (Lipinski definition) is 2. The van der Waals surface area contributed by atoms with Crippen molar-refractivity contribution in [3.63, 3.8) is 0 Å². The van der Waals surface area contributed by atoms with Crippen LogP contribution in [-0.2, 0) is 0 Å². The maximum atomic E-state index is 12.3. The van der Waals surface area contributed by atoms with Crippen molar-refractivity contribution >= 4 is 17.3 Å². The van der Waals surface area contributed by atoms with Crippen LogP contribution in [0, 0.1) is 6.92 Å². The van der Waals surface area contributed by atoms with Crippen LogP contribution < -0.4 is 15.4 Å². The summed E-state index contributed by atoms with van der Waals surface area (Å²) in [6, 6.07) is 9.15. The number of aryl methyl sites for hydroxylation is 1. The lowest BCUT2D eigenvalue weighted by Gasteiger charge is -2.11. The quantitative estimate of drug-likeness (QED) is 0.886. The first kappa shape index (κ1) is 14.8. The first-order valence-electron chi connectivity index (χ1n) is 6.82. The standard InChI is InChI=1S/C16H19N3O2/c1-4-21-15-8-6-12(10-18-15)19-16(20)13-7-5-11(2)9-14(13)17-3/h5-10,17H,4H2,1-3H3,(H,19,20). The van der Waals surface area contributed by atoms with E-state index in [1.807, 2.05) is 26.0 Å². The fourth-order valence-electron chi connectivity index (χ4n) is 1.95. The molecule has 1 aromatic heterocycles. The average molecular weight is 285 g/mol. The SMILES string of the molecule is CCOc1ccc(NC(=O)c2ccc(C)cc2NC)cn1. The lowest BCUT2D eigenvalue weighted by molar-refractivity contribution is 0.102. The summed E-state index contributed by atoms with van der Waals surface area (Å²) < 4.78 is 5.27. The molecule has 0 saturated heterocycles. The first-order valence-corrected chi connectivity index (χ1v) is 6.82. The molecule has 21 heavy (non-hydrogen) atoms. The lowest BCUT2D eigenvalue weighted by Crippen LogP contribution is -2.14. The van der Waals surface area contributed by atoms with Gasteiger partial charge in [0.1, 0.15) is 0 Å². The van der Waals surface area contributed by atoms with Crippen LogP contribution in [0.4, 0.5) is 11.4 Å². The molecule has 5 nitrogen and oxygen atoms in total. The van der Waals surface area contributed by atoms with E-state index in [9.17, 15) is 4.79 Å². The summed E-state index contributed by atoms with van der Waals surface area (Å²) >= 11 is 0. The molecule has 1 amide bonds. The Labute approximate surface area is 124 Å². The molecule has 0 spiro atoms. The van der Waals surface area contributed by atoms with Gasteiger partial charge in [-0.15, -0.1) is 0 Å². The predicted molar refractivity (Wildman–Crippen MR) is 84.1 cm³/mol. The van der Waals surface area contributed by atoms with Crippen LogP contribution in [-0.4, -0.2) is 24.5 Å². The summed E-state index contributed by atoms with van der Waals surface area (Å²) in [4.78, 5) is 16.4. The number of carbonyl (C=O) groups is 1. The number of anilines is 2. The number of amides is 1. The summed E-state index contributed by atoms with van der Waals surface area (Å²) in [5.41, 5.74) is 3.12. The van der Waals surface area contributed by atoms with Crippen LogP contribution in [0.15, 0.2) is 36.5 Å². The van der Waals surface area contributed by atoms with Gasteiger partial charge in [0.25, 0.3) is 5.91 Å². The zero-order chi connectivity index (χ0) is 15.2. The molecule has 2 N–H and O–H groups in total. The van der Waals surface area contributed by atoms with E-state index in [1.54, 1.807) is 31.4 Å². The van der Waals surface area contributed by atoms with Gasteiger partial charge in [0.2, 0.25) is 5.88 Å². The second-order valence-corrected chi connectivity index (χ2v) is 4.57. The Bertz CT molecular complexity index is 624. The van der Waals surface area contributed by atoms with Gasteiger partial charge in [0, 0.05) is 18.8 Å². The second-order valence-electron chi connectivity index (χ2n) is 4.57. The normalized spacial score (nSPS) is 10.0. The Morgan fingerprint density at radius 1 is 1.29 bits per heavy atom. The number of nitrogens with zero attached hydrogens (tertiary/aromatic N) is 1. The van der Waals surface area contributed by atoms with E-state index in [4.69, 9.17) is 4.74 Å².